The van der Waals surface area contributed by atoms with Gasteiger partial charge in [0.05, 0.1) is 26.4 Å². The van der Waals surface area contributed by atoms with E-state index in [1.807, 2.05) is 0 Å². The number of rotatable bonds is 10. The second-order valence-electron chi connectivity index (χ2n) is 6.52. The van der Waals surface area contributed by atoms with Crippen LogP contribution in [0.4, 0.5) is 0 Å². The van der Waals surface area contributed by atoms with Crippen molar-refractivity contribution in [2.75, 3.05) is 26.4 Å². The van der Waals surface area contributed by atoms with E-state index in [4.69, 9.17) is 18.9 Å². The van der Waals surface area contributed by atoms with Crippen LogP contribution in [0.15, 0.2) is 22.7 Å². The average molecular weight is 512 g/mol. The number of hydrogen-bond acceptors (Lipinski definition) is 8. The molecule has 1 N–H and O–H groups in total. The predicted molar refractivity (Wildman–Crippen MR) is 118 cm³/mol. The van der Waals surface area contributed by atoms with Crippen molar-refractivity contribution in [1.29, 1.82) is 0 Å². The van der Waals surface area contributed by atoms with E-state index in [0.29, 0.717) is 15.4 Å². The summed E-state index contributed by atoms with van der Waals surface area (Å²) >= 11 is 3.38. The van der Waals surface area contributed by atoms with E-state index in [2.05, 4.69) is 20.9 Å². The minimum Gasteiger partial charge on any atom is -0.465 e. The number of nitrogens with one attached hydrogen (secondary N) is 1. The van der Waals surface area contributed by atoms with E-state index >= 15 is 0 Å². The standard InChI is InChI=1S/C22H26BrNO8/c1-5-29-19(25)16(20(26)30-6-2)15-13-11-12(23)9-10-14(13)24-18(15)17(21(27)31-7-3)22(28)32-8-4/h9-11,16-17,24H,5-8H2,1-4H3. The molecular formula is C22H26BrNO8. The van der Waals surface area contributed by atoms with Crippen LogP contribution in [0.2, 0.25) is 0 Å². The monoisotopic (exact) mass is 511 g/mol. The molecule has 9 nitrogen and oxygen atoms in total. The van der Waals surface area contributed by atoms with Crippen LogP contribution in [0.25, 0.3) is 10.9 Å². The van der Waals surface area contributed by atoms with Gasteiger partial charge in [0, 0.05) is 26.6 Å². The van der Waals surface area contributed by atoms with Crippen LogP contribution < -0.4 is 0 Å². The first-order valence-electron chi connectivity index (χ1n) is 10.3. The van der Waals surface area contributed by atoms with Gasteiger partial charge >= 0.3 is 23.9 Å². The van der Waals surface area contributed by atoms with Crippen molar-refractivity contribution in [3.05, 3.63) is 33.9 Å². The van der Waals surface area contributed by atoms with Gasteiger partial charge in [-0.3, -0.25) is 19.2 Å². The summed E-state index contributed by atoms with van der Waals surface area (Å²) in [7, 11) is 0. The van der Waals surface area contributed by atoms with Gasteiger partial charge in [-0.15, -0.1) is 0 Å². The Kier molecular flexibility index (Phi) is 9.25. The summed E-state index contributed by atoms with van der Waals surface area (Å²) in [6.07, 6.45) is 0. The van der Waals surface area contributed by atoms with Crippen LogP contribution >= 0.6 is 15.9 Å². The summed E-state index contributed by atoms with van der Waals surface area (Å²) < 4.78 is 21.1. The lowest BCUT2D eigenvalue weighted by Crippen LogP contribution is -2.31. The molecule has 1 aromatic heterocycles. The van der Waals surface area contributed by atoms with Crippen molar-refractivity contribution < 1.29 is 38.1 Å². The predicted octanol–water partition coefficient (Wildman–Crippen LogP) is 3.35. The molecule has 0 atom stereocenters. The van der Waals surface area contributed by atoms with Crippen molar-refractivity contribution in [2.45, 2.75) is 39.5 Å². The number of H-pyrrole nitrogens is 1. The second kappa shape index (κ2) is 11.7. The third-order valence-corrected chi connectivity index (χ3v) is 4.99. The number of hydrogen-bond donors (Lipinski definition) is 1. The molecule has 0 spiro atoms. The molecule has 2 aromatic rings. The van der Waals surface area contributed by atoms with Crippen molar-refractivity contribution >= 4 is 50.7 Å². The van der Waals surface area contributed by atoms with Crippen molar-refractivity contribution in [2.24, 2.45) is 0 Å². The smallest absolute Gasteiger partial charge is 0.326 e. The summed E-state index contributed by atoms with van der Waals surface area (Å²) in [5, 5.41) is 0.444. The molecule has 0 aliphatic carbocycles. The average Bonchev–Trinajstić information content (AvgIpc) is 3.07. The van der Waals surface area contributed by atoms with Crippen LogP contribution in [0, 0.1) is 0 Å². The topological polar surface area (TPSA) is 121 Å². The molecule has 2 rings (SSSR count). The van der Waals surface area contributed by atoms with Gasteiger partial charge in [0.15, 0.2) is 11.8 Å². The summed E-state index contributed by atoms with van der Waals surface area (Å²) in [6, 6.07) is 5.09. The highest BCUT2D eigenvalue weighted by atomic mass is 79.9. The maximum Gasteiger partial charge on any atom is 0.326 e. The lowest BCUT2D eigenvalue weighted by Gasteiger charge is -2.19. The second-order valence-corrected chi connectivity index (χ2v) is 7.43. The summed E-state index contributed by atoms with van der Waals surface area (Å²) in [4.78, 5) is 54.3. The van der Waals surface area contributed by atoms with Crippen LogP contribution in [0.1, 0.15) is 50.8 Å². The third kappa shape index (κ3) is 5.48. The molecule has 10 heteroatoms. The molecule has 0 unspecified atom stereocenters. The highest BCUT2D eigenvalue weighted by Crippen LogP contribution is 2.37. The van der Waals surface area contributed by atoms with Crippen LogP contribution in [0.3, 0.4) is 0 Å². The fourth-order valence-corrected chi connectivity index (χ4v) is 3.67. The quantitative estimate of drug-likeness (QED) is 0.292. The third-order valence-electron chi connectivity index (χ3n) is 4.50. The van der Waals surface area contributed by atoms with E-state index in [9.17, 15) is 19.2 Å². The maximum atomic E-state index is 12.9. The Bertz CT molecular complexity index is 963. The highest BCUT2D eigenvalue weighted by Gasteiger charge is 2.42. The molecule has 0 radical (unpaired) electrons. The molecule has 174 valence electrons. The lowest BCUT2D eigenvalue weighted by atomic mass is 9.90. The summed E-state index contributed by atoms with van der Waals surface area (Å²) in [5.74, 6) is -6.53. The van der Waals surface area contributed by atoms with Crippen molar-refractivity contribution in [1.82, 2.24) is 4.98 Å². The molecule has 32 heavy (non-hydrogen) atoms. The Hall–Kier alpha value is -2.88. The SMILES string of the molecule is CCOC(=O)C(C(=O)OCC)c1[nH]c2ccc(Br)cc2c1C(C(=O)OCC)C(=O)OCC. The van der Waals surface area contributed by atoms with Gasteiger partial charge in [0.1, 0.15) is 0 Å². The molecule has 0 saturated carbocycles. The number of carbonyl (C=O) groups is 4. The molecule has 1 aromatic carbocycles. The molecule has 0 aliphatic heterocycles. The van der Waals surface area contributed by atoms with Crippen LogP contribution in [0.5, 0.6) is 0 Å². The Morgan fingerprint density at radius 2 is 1.22 bits per heavy atom. The first kappa shape index (κ1) is 25.4. The molecular weight excluding hydrogens is 486 g/mol. The molecule has 1 heterocycles. The Balaban J connectivity index is 2.85. The minimum atomic E-state index is -1.54. The number of esters is 4. The number of benzene rings is 1. The summed E-state index contributed by atoms with van der Waals surface area (Å²) in [5.41, 5.74) is 0.612. The van der Waals surface area contributed by atoms with Crippen molar-refractivity contribution in [3.8, 4) is 0 Å². The van der Waals surface area contributed by atoms with Gasteiger partial charge in [-0.25, -0.2) is 0 Å². The van der Waals surface area contributed by atoms with E-state index < -0.39 is 35.7 Å². The Morgan fingerprint density at radius 1 is 0.781 bits per heavy atom. The maximum absolute atomic E-state index is 12.9. The summed E-state index contributed by atoms with van der Waals surface area (Å²) in [6.45, 7) is 6.50. The van der Waals surface area contributed by atoms with E-state index in [0.717, 1.165) is 0 Å². The van der Waals surface area contributed by atoms with Crippen molar-refractivity contribution in [3.63, 3.8) is 0 Å². The van der Waals surface area contributed by atoms with Gasteiger partial charge in [-0.05, 0) is 45.9 Å². The van der Waals surface area contributed by atoms with Crippen LogP contribution in [-0.4, -0.2) is 55.3 Å². The molecule has 0 amide bonds. The highest BCUT2D eigenvalue weighted by molar-refractivity contribution is 9.10. The number of carbonyl (C=O) groups excluding carboxylic acids is 4. The van der Waals surface area contributed by atoms with Gasteiger partial charge < -0.3 is 23.9 Å². The fraction of sp³-hybridized carbons (Fsp3) is 0.455. The minimum absolute atomic E-state index is 0.0149. The number of fused-ring (bicyclic) bond motifs is 1. The number of ether oxygens (including phenoxy) is 4. The van der Waals surface area contributed by atoms with E-state index in [1.54, 1.807) is 45.9 Å². The molecule has 0 fully saturated rings. The first-order valence-corrected chi connectivity index (χ1v) is 11.1. The van der Waals surface area contributed by atoms with E-state index in [-0.39, 0.29) is 37.7 Å². The first-order chi connectivity index (χ1) is 15.3. The number of halogens is 1. The van der Waals surface area contributed by atoms with E-state index in [1.165, 1.54) is 0 Å². The van der Waals surface area contributed by atoms with Gasteiger partial charge in [-0.2, -0.15) is 0 Å². The molecule has 0 saturated heterocycles. The molecule has 0 aliphatic rings. The molecule has 0 bridgehead atoms. The van der Waals surface area contributed by atoms with Gasteiger partial charge in [-0.1, -0.05) is 15.9 Å². The van der Waals surface area contributed by atoms with Gasteiger partial charge in [0.2, 0.25) is 0 Å². The van der Waals surface area contributed by atoms with Crippen LogP contribution in [-0.2, 0) is 38.1 Å². The fourth-order valence-electron chi connectivity index (χ4n) is 3.31. The Morgan fingerprint density at radius 3 is 1.66 bits per heavy atom. The zero-order valence-electron chi connectivity index (χ0n) is 18.4. The zero-order valence-corrected chi connectivity index (χ0v) is 19.9. The Labute approximate surface area is 193 Å². The lowest BCUT2D eigenvalue weighted by molar-refractivity contribution is -0.159. The number of aromatic amines is 1. The van der Waals surface area contributed by atoms with Gasteiger partial charge in [0.25, 0.3) is 0 Å². The zero-order chi connectivity index (χ0) is 23.8. The largest absolute Gasteiger partial charge is 0.465 e. The number of aromatic nitrogens is 1. The normalized spacial score (nSPS) is 11.0.